The molecule has 5 nitrogen and oxygen atoms in total. The maximum absolute atomic E-state index is 13.5. The first-order valence-electron chi connectivity index (χ1n) is 8.07. The number of halogens is 2. The monoisotopic (exact) mass is 323 g/mol. The molecule has 0 spiro atoms. The predicted molar refractivity (Wildman–Crippen MR) is 77.2 cm³/mol. The lowest BCUT2D eigenvalue weighted by atomic mass is 9.92. The molecule has 0 radical (unpaired) electrons. The zero-order chi connectivity index (χ0) is 16.0. The number of aliphatic hydroxyl groups is 1. The van der Waals surface area contributed by atoms with Crippen molar-refractivity contribution in [3.63, 3.8) is 0 Å². The summed E-state index contributed by atoms with van der Waals surface area (Å²) in [4.78, 5) is 2.14. The van der Waals surface area contributed by atoms with E-state index in [0.29, 0.717) is 25.9 Å². The van der Waals surface area contributed by atoms with Crippen molar-refractivity contribution in [2.24, 2.45) is 0 Å². The Kier molecular flexibility index (Phi) is 6.95. The Bertz CT molecular complexity index is 321. The first kappa shape index (κ1) is 18.0. The molecule has 1 heterocycles. The zero-order valence-corrected chi connectivity index (χ0v) is 13.2. The Morgan fingerprint density at radius 3 is 2.45 bits per heavy atom. The molecular weight excluding hydrogens is 296 g/mol. The van der Waals surface area contributed by atoms with Crippen molar-refractivity contribution in [1.82, 2.24) is 4.90 Å². The number of hydrogen-bond acceptors (Lipinski definition) is 5. The van der Waals surface area contributed by atoms with Crippen LogP contribution < -0.4 is 0 Å². The van der Waals surface area contributed by atoms with Crippen LogP contribution in [0.3, 0.4) is 0 Å². The number of alkyl halides is 2. The first-order valence-corrected chi connectivity index (χ1v) is 8.07. The van der Waals surface area contributed by atoms with E-state index in [9.17, 15) is 8.78 Å². The lowest BCUT2D eigenvalue weighted by Crippen LogP contribution is -2.53. The van der Waals surface area contributed by atoms with E-state index in [1.807, 2.05) is 6.92 Å². The molecule has 1 aliphatic carbocycles. The van der Waals surface area contributed by atoms with Crippen molar-refractivity contribution in [2.45, 2.75) is 50.4 Å². The van der Waals surface area contributed by atoms with E-state index in [1.54, 1.807) is 0 Å². The van der Waals surface area contributed by atoms with Crippen LogP contribution in [0, 0.1) is 0 Å². The topological polar surface area (TPSA) is 51.2 Å². The second kappa shape index (κ2) is 8.49. The first-order chi connectivity index (χ1) is 10.5. The number of rotatable bonds is 11. The molecule has 0 aromatic rings. The number of hydrogen-bond donors (Lipinski definition) is 1. The molecule has 1 N–H and O–H groups in total. The third-order valence-corrected chi connectivity index (χ3v) is 4.07. The Labute approximate surface area is 130 Å². The molecule has 2 rings (SSSR count). The van der Waals surface area contributed by atoms with Gasteiger partial charge in [0, 0.05) is 26.3 Å². The normalized spacial score (nSPS) is 26.7. The van der Waals surface area contributed by atoms with Gasteiger partial charge in [-0.25, -0.2) is 8.78 Å². The van der Waals surface area contributed by atoms with Crippen LogP contribution in [-0.2, 0) is 14.2 Å². The Morgan fingerprint density at radius 2 is 1.82 bits per heavy atom. The molecule has 22 heavy (non-hydrogen) atoms. The highest BCUT2D eigenvalue weighted by atomic mass is 19.3. The summed E-state index contributed by atoms with van der Waals surface area (Å²) in [6.45, 7) is 3.98. The molecular formula is C15H27F2NO4. The van der Waals surface area contributed by atoms with Crippen molar-refractivity contribution in [3.8, 4) is 0 Å². The number of nitrogens with zero attached hydrogens (tertiary/aromatic N) is 1. The van der Waals surface area contributed by atoms with Crippen LogP contribution in [0.15, 0.2) is 0 Å². The molecule has 130 valence electrons. The van der Waals surface area contributed by atoms with Gasteiger partial charge in [0.2, 0.25) is 0 Å². The van der Waals surface area contributed by atoms with Gasteiger partial charge in [-0.3, -0.25) is 4.90 Å². The summed E-state index contributed by atoms with van der Waals surface area (Å²) in [7, 11) is 0. The van der Waals surface area contributed by atoms with Crippen LogP contribution in [0.25, 0.3) is 0 Å². The van der Waals surface area contributed by atoms with Crippen LogP contribution in [0.4, 0.5) is 8.78 Å². The van der Waals surface area contributed by atoms with Gasteiger partial charge in [-0.1, -0.05) is 6.92 Å². The van der Waals surface area contributed by atoms with Crippen LogP contribution in [0.5, 0.6) is 0 Å². The molecule has 0 aromatic carbocycles. The molecule has 0 aromatic heterocycles. The number of aliphatic hydroxyl groups excluding tert-OH is 1. The fraction of sp³-hybridized carbons (Fsp3) is 1.00. The van der Waals surface area contributed by atoms with Gasteiger partial charge in [0.05, 0.1) is 18.3 Å². The fourth-order valence-electron chi connectivity index (χ4n) is 2.47. The van der Waals surface area contributed by atoms with Gasteiger partial charge in [0.1, 0.15) is 13.2 Å². The van der Waals surface area contributed by atoms with E-state index in [0.717, 1.165) is 19.6 Å². The summed E-state index contributed by atoms with van der Waals surface area (Å²) in [5.74, 6) is -2.94. The maximum Gasteiger partial charge on any atom is 0.293 e. The van der Waals surface area contributed by atoms with Gasteiger partial charge in [-0.15, -0.1) is 0 Å². The molecule has 0 amide bonds. The second-order valence-corrected chi connectivity index (χ2v) is 6.17. The van der Waals surface area contributed by atoms with Gasteiger partial charge in [0.15, 0.2) is 0 Å². The van der Waals surface area contributed by atoms with Crippen molar-refractivity contribution >= 4 is 0 Å². The Hall–Kier alpha value is -0.340. The fourth-order valence-corrected chi connectivity index (χ4v) is 2.47. The van der Waals surface area contributed by atoms with E-state index >= 15 is 0 Å². The van der Waals surface area contributed by atoms with Crippen LogP contribution >= 0.6 is 0 Å². The molecule has 7 heteroatoms. The van der Waals surface area contributed by atoms with E-state index in [-0.39, 0.29) is 24.9 Å². The number of likely N-dealkylation sites (N-methyl/N-ethyl adjacent to an activating group) is 1. The van der Waals surface area contributed by atoms with Crippen LogP contribution in [-0.4, -0.2) is 80.3 Å². The van der Waals surface area contributed by atoms with Gasteiger partial charge >= 0.3 is 0 Å². The highest BCUT2D eigenvalue weighted by Crippen LogP contribution is 2.23. The van der Waals surface area contributed by atoms with E-state index in [1.165, 1.54) is 0 Å². The van der Waals surface area contributed by atoms with Gasteiger partial charge in [-0.2, -0.15) is 0 Å². The minimum Gasteiger partial charge on any atom is -0.393 e. The summed E-state index contributed by atoms with van der Waals surface area (Å²) in [6, 6.07) is 0. The Morgan fingerprint density at radius 1 is 1.09 bits per heavy atom. The summed E-state index contributed by atoms with van der Waals surface area (Å²) in [5.41, 5.74) is 0. The molecule has 0 atom stereocenters. The second-order valence-electron chi connectivity index (χ2n) is 6.17. The van der Waals surface area contributed by atoms with Crippen molar-refractivity contribution in [3.05, 3.63) is 0 Å². The average Bonchev–Trinajstić information content (AvgIpc) is 2.38. The van der Waals surface area contributed by atoms with Crippen molar-refractivity contribution in [2.75, 3.05) is 46.1 Å². The third kappa shape index (κ3) is 6.04. The van der Waals surface area contributed by atoms with E-state index in [4.69, 9.17) is 19.3 Å². The summed E-state index contributed by atoms with van der Waals surface area (Å²) >= 11 is 0. The largest absolute Gasteiger partial charge is 0.393 e. The minimum absolute atomic E-state index is 0.0722. The van der Waals surface area contributed by atoms with Gasteiger partial charge in [-0.05, 0) is 25.8 Å². The van der Waals surface area contributed by atoms with Crippen LogP contribution in [0.2, 0.25) is 0 Å². The molecule has 0 unspecified atom stereocenters. The zero-order valence-electron chi connectivity index (χ0n) is 13.2. The summed E-state index contributed by atoms with van der Waals surface area (Å²) in [6.07, 6.45) is 1.74. The molecule has 1 saturated carbocycles. The molecule has 0 bridgehead atoms. The standard InChI is InChI=1S/C15H27F2NO4/c1-2-18-8-14(9-18)22-11-15(16,17)10-20-4-3-5-21-13-6-12(19)7-13/h12-14,19H,2-11H2,1H3. The summed E-state index contributed by atoms with van der Waals surface area (Å²) < 4.78 is 42.7. The Balaban J connectivity index is 1.41. The predicted octanol–water partition coefficient (Wildman–Crippen LogP) is 1.29. The quantitative estimate of drug-likeness (QED) is 0.581. The minimum atomic E-state index is -2.94. The maximum atomic E-state index is 13.5. The third-order valence-electron chi connectivity index (χ3n) is 4.07. The SMILES string of the molecule is CCN1CC(OCC(F)(F)COCCCOC2CC(O)C2)C1. The van der Waals surface area contributed by atoms with Gasteiger partial charge in [0.25, 0.3) is 5.92 Å². The van der Waals surface area contributed by atoms with Gasteiger partial charge < -0.3 is 19.3 Å². The number of ether oxygens (including phenoxy) is 3. The smallest absolute Gasteiger partial charge is 0.293 e. The molecule has 2 aliphatic rings. The van der Waals surface area contributed by atoms with Crippen molar-refractivity contribution < 1.29 is 28.1 Å². The van der Waals surface area contributed by atoms with E-state index < -0.39 is 19.1 Å². The number of likely N-dealkylation sites (tertiary alicyclic amines) is 1. The van der Waals surface area contributed by atoms with Crippen LogP contribution in [0.1, 0.15) is 26.2 Å². The van der Waals surface area contributed by atoms with Crippen molar-refractivity contribution in [1.29, 1.82) is 0 Å². The van der Waals surface area contributed by atoms with E-state index in [2.05, 4.69) is 4.90 Å². The molecule has 1 saturated heterocycles. The highest BCUT2D eigenvalue weighted by Gasteiger charge is 2.34. The summed E-state index contributed by atoms with van der Waals surface area (Å²) in [5, 5.41) is 9.09. The highest BCUT2D eigenvalue weighted by molar-refractivity contribution is 4.80. The molecule has 2 fully saturated rings. The molecule has 1 aliphatic heterocycles. The lowest BCUT2D eigenvalue weighted by Gasteiger charge is -2.38. The lowest BCUT2D eigenvalue weighted by molar-refractivity contribution is -0.158. The average molecular weight is 323 g/mol.